The average Bonchev–Trinajstić information content (AvgIpc) is 2.45. The summed E-state index contributed by atoms with van der Waals surface area (Å²) in [7, 11) is 3.08. The number of nitrogens with one attached hydrogen (secondary N) is 1. The van der Waals surface area contributed by atoms with Gasteiger partial charge in [-0.15, -0.1) is 0 Å². The molecule has 0 aliphatic heterocycles. The van der Waals surface area contributed by atoms with E-state index in [9.17, 15) is 9.90 Å². The summed E-state index contributed by atoms with van der Waals surface area (Å²) in [5.74, 6) is 0.914. The highest BCUT2D eigenvalue weighted by molar-refractivity contribution is 5.95. The number of carbonyl (C=O) groups excluding carboxylic acids is 1. The summed E-state index contributed by atoms with van der Waals surface area (Å²) in [4.78, 5) is 12.1. The molecule has 1 unspecified atom stereocenters. The molecule has 0 spiro atoms. The number of aliphatic hydroxyl groups is 1. The number of ether oxygens (including phenoxy) is 2. The van der Waals surface area contributed by atoms with Crippen molar-refractivity contribution in [3.63, 3.8) is 0 Å². The van der Waals surface area contributed by atoms with Gasteiger partial charge in [0.1, 0.15) is 11.5 Å². The van der Waals surface area contributed by atoms with Gasteiger partial charge in [-0.05, 0) is 24.0 Å². The van der Waals surface area contributed by atoms with Crippen molar-refractivity contribution in [3.8, 4) is 11.5 Å². The lowest BCUT2D eigenvalue weighted by atomic mass is 9.87. The molecule has 1 atom stereocenters. The summed E-state index contributed by atoms with van der Waals surface area (Å²) in [6.45, 7) is 6.31. The van der Waals surface area contributed by atoms with Crippen molar-refractivity contribution in [3.05, 3.63) is 23.8 Å². The Labute approximate surface area is 126 Å². The Hall–Kier alpha value is -1.75. The van der Waals surface area contributed by atoms with E-state index in [2.05, 4.69) is 5.32 Å². The van der Waals surface area contributed by atoms with Gasteiger partial charge in [0, 0.05) is 18.2 Å². The van der Waals surface area contributed by atoms with Crippen LogP contribution < -0.4 is 14.8 Å². The normalized spacial score (nSPS) is 12.7. The molecular weight excluding hydrogens is 270 g/mol. The lowest BCUT2D eigenvalue weighted by molar-refractivity contribution is 0.0551. The molecule has 0 heterocycles. The second-order valence-corrected chi connectivity index (χ2v) is 6.03. The van der Waals surface area contributed by atoms with Gasteiger partial charge in [-0.2, -0.15) is 0 Å². The third-order valence-corrected chi connectivity index (χ3v) is 3.32. The second-order valence-electron chi connectivity index (χ2n) is 6.03. The van der Waals surface area contributed by atoms with E-state index in [0.29, 0.717) is 30.0 Å². The van der Waals surface area contributed by atoms with E-state index in [1.165, 1.54) is 14.2 Å². The Kier molecular flexibility index (Phi) is 6.03. The van der Waals surface area contributed by atoms with Crippen LogP contribution in [0.3, 0.4) is 0 Å². The van der Waals surface area contributed by atoms with Crippen LogP contribution in [0.5, 0.6) is 11.5 Å². The van der Waals surface area contributed by atoms with E-state index in [0.717, 1.165) is 0 Å². The van der Waals surface area contributed by atoms with Gasteiger partial charge in [0.15, 0.2) is 0 Å². The number of carbonyl (C=O) groups is 1. The highest BCUT2D eigenvalue weighted by atomic mass is 16.5. The molecule has 1 aromatic rings. The van der Waals surface area contributed by atoms with Crippen LogP contribution in [0, 0.1) is 5.41 Å². The van der Waals surface area contributed by atoms with Crippen LogP contribution in [0.4, 0.5) is 0 Å². The molecule has 5 nitrogen and oxygen atoms in total. The molecule has 21 heavy (non-hydrogen) atoms. The number of benzene rings is 1. The summed E-state index contributed by atoms with van der Waals surface area (Å²) >= 11 is 0. The summed E-state index contributed by atoms with van der Waals surface area (Å²) in [6.07, 6.45) is 0.0497. The average molecular weight is 295 g/mol. The lowest BCUT2D eigenvalue weighted by Gasteiger charge is -2.25. The monoisotopic (exact) mass is 295 g/mol. The highest BCUT2D eigenvalue weighted by Gasteiger charge is 2.21. The zero-order valence-corrected chi connectivity index (χ0v) is 13.4. The lowest BCUT2D eigenvalue weighted by Crippen LogP contribution is -2.32. The largest absolute Gasteiger partial charge is 0.497 e. The zero-order chi connectivity index (χ0) is 16.0. The number of hydrogen-bond donors (Lipinski definition) is 2. The first-order valence-corrected chi connectivity index (χ1v) is 6.97. The minimum absolute atomic E-state index is 0.191. The third kappa shape index (κ3) is 5.27. The maximum Gasteiger partial charge on any atom is 0.251 e. The highest BCUT2D eigenvalue weighted by Crippen LogP contribution is 2.23. The predicted molar refractivity (Wildman–Crippen MR) is 82.0 cm³/mol. The molecule has 2 N–H and O–H groups in total. The van der Waals surface area contributed by atoms with E-state index in [4.69, 9.17) is 9.47 Å². The number of aliphatic hydroxyl groups excluding tert-OH is 1. The third-order valence-electron chi connectivity index (χ3n) is 3.32. The topological polar surface area (TPSA) is 67.8 Å². The minimum atomic E-state index is -0.461. The fraction of sp³-hybridized carbons (Fsp3) is 0.562. The number of methoxy groups -OCH3 is 2. The van der Waals surface area contributed by atoms with Crippen molar-refractivity contribution >= 4 is 5.91 Å². The summed E-state index contributed by atoms with van der Waals surface area (Å²) in [5, 5.41) is 12.7. The maximum absolute atomic E-state index is 12.1. The maximum atomic E-state index is 12.1. The molecule has 1 amide bonds. The fourth-order valence-corrected chi connectivity index (χ4v) is 1.80. The molecule has 0 aliphatic rings. The van der Waals surface area contributed by atoms with Gasteiger partial charge in [0.25, 0.3) is 5.91 Å². The Balaban J connectivity index is 2.64. The van der Waals surface area contributed by atoms with Gasteiger partial charge in [0.05, 0.1) is 20.3 Å². The van der Waals surface area contributed by atoms with Crippen LogP contribution in [0.15, 0.2) is 18.2 Å². The van der Waals surface area contributed by atoms with Crippen molar-refractivity contribution in [2.24, 2.45) is 5.41 Å². The Bertz CT molecular complexity index is 457. The molecule has 0 bridgehead atoms. The summed E-state index contributed by atoms with van der Waals surface area (Å²) in [5.41, 5.74) is 0.278. The minimum Gasteiger partial charge on any atom is -0.497 e. The van der Waals surface area contributed by atoms with E-state index < -0.39 is 6.10 Å². The van der Waals surface area contributed by atoms with Crippen LogP contribution in [0.1, 0.15) is 37.6 Å². The van der Waals surface area contributed by atoms with Crippen LogP contribution in [-0.4, -0.2) is 37.9 Å². The Morgan fingerprint density at radius 3 is 2.14 bits per heavy atom. The molecule has 5 heteroatoms. The van der Waals surface area contributed by atoms with Crippen LogP contribution in [-0.2, 0) is 0 Å². The van der Waals surface area contributed by atoms with Gasteiger partial charge >= 0.3 is 0 Å². The molecule has 0 fully saturated rings. The smallest absolute Gasteiger partial charge is 0.251 e. The number of hydrogen-bond acceptors (Lipinski definition) is 4. The van der Waals surface area contributed by atoms with Gasteiger partial charge in [0.2, 0.25) is 0 Å². The van der Waals surface area contributed by atoms with E-state index in [1.807, 2.05) is 20.8 Å². The van der Waals surface area contributed by atoms with Gasteiger partial charge in [-0.3, -0.25) is 4.79 Å². The molecule has 118 valence electrons. The standard InChI is InChI=1S/C16H25NO4/c1-16(2,3)14(18)6-7-17-15(19)11-8-12(20-4)10-13(9-11)21-5/h8-10,14,18H,6-7H2,1-5H3,(H,17,19). The van der Waals surface area contributed by atoms with Crippen molar-refractivity contribution in [1.29, 1.82) is 0 Å². The first kappa shape index (κ1) is 17.3. The van der Waals surface area contributed by atoms with Crippen molar-refractivity contribution in [2.75, 3.05) is 20.8 Å². The van der Waals surface area contributed by atoms with Crippen molar-refractivity contribution in [1.82, 2.24) is 5.32 Å². The molecule has 0 aliphatic carbocycles. The van der Waals surface area contributed by atoms with Crippen LogP contribution >= 0.6 is 0 Å². The number of amides is 1. The predicted octanol–water partition coefficient (Wildman–Crippen LogP) is 2.23. The first-order valence-electron chi connectivity index (χ1n) is 6.97. The molecule has 1 aromatic carbocycles. The SMILES string of the molecule is COc1cc(OC)cc(C(=O)NCCC(O)C(C)(C)C)c1. The molecule has 1 rings (SSSR count). The Morgan fingerprint density at radius 1 is 1.19 bits per heavy atom. The van der Waals surface area contributed by atoms with E-state index >= 15 is 0 Å². The van der Waals surface area contributed by atoms with Crippen LogP contribution in [0.2, 0.25) is 0 Å². The van der Waals surface area contributed by atoms with Gasteiger partial charge < -0.3 is 19.9 Å². The first-order chi connectivity index (χ1) is 9.77. The molecule has 0 saturated carbocycles. The number of rotatable bonds is 6. The fourth-order valence-electron chi connectivity index (χ4n) is 1.80. The summed E-state index contributed by atoms with van der Waals surface area (Å²) in [6, 6.07) is 5.01. The molecule has 0 aromatic heterocycles. The van der Waals surface area contributed by atoms with Gasteiger partial charge in [-0.1, -0.05) is 20.8 Å². The van der Waals surface area contributed by atoms with Crippen molar-refractivity contribution < 1.29 is 19.4 Å². The van der Waals surface area contributed by atoms with E-state index in [-0.39, 0.29) is 11.3 Å². The molecule has 0 radical (unpaired) electrons. The van der Waals surface area contributed by atoms with Gasteiger partial charge in [-0.25, -0.2) is 0 Å². The van der Waals surface area contributed by atoms with Crippen LogP contribution in [0.25, 0.3) is 0 Å². The quantitative estimate of drug-likeness (QED) is 0.844. The molecule has 0 saturated heterocycles. The zero-order valence-electron chi connectivity index (χ0n) is 13.4. The van der Waals surface area contributed by atoms with E-state index in [1.54, 1.807) is 18.2 Å². The Morgan fingerprint density at radius 2 is 1.71 bits per heavy atom. The summed E-state index contributed by atoms with van der Waals surface area (Å²) < 4.78 is 10.3. The second kappa shape index (κ2) is 7.31. The van der Waals surface area contributed by atoms with Crippen molar-refractivity contribution in [2.45, 2.75) is 33.3 Å². The molecular formula is C16H25NO4.